The SMILES string of the molecule is CC(=O)OC1=C2CN(S(=O)(=O)c3ccc(C)cc3)CCC23C=CC(O3)C1(C)C. The molecule has 4 rings (SSSR count). The van der Waals surface area contributed by atoms with Crippen LogP contribution >= 0.6 is 0 Å². The Balaban J connectivity index is 1.77. The van der Waals surface area contributed by atoms with Crippen molar-refractivity contribution in [3.63, 3.8) is 0 Å². The number of nitrogens with zero attached hydrogens (tertiary/aromatic N) is 1. The standard InChI is InChI=1S/C21H25NO5S/c1-14-5-7-16(8-6-14)28(24,25)22-12-11-21-10-9-18(27-21)20(3,4)19(17(21)13-22)26-15(2)23/h5-10,18H,11-13H2,1-4H3. The third kappa shape index (κ3) is 2.84. The predicted octanol–water partition coefficient (Wildman–Crippen LogP) is 2.94. The molecular weight excluding hydrogens is 378 g/mol. The van der Waals surface area contributed by atoms with Crippen molar-refractivity contribution in [3.05, 3.63) is 53.3 Å². The second-order valence-corrected chi connectivity index (χ2v) is 10.2. The van der Waals surface area contributed by atoms with Crippen LogP contribution in [0.15, 0.2) is 52.6 Å². The third-order valence-corrected chi connectivity index (χ3v) is 7.79. The van der Waals surface area contributed by atoms with Crippen molar-refractivity contribution in [1.82, 2.24) is 4.31 Å². The van der Waals surface area contributed by atoms with Gasteiger partial charge in [0.05, 0.1) is 16.4 Å². The van der Waals surface area contributed by atoms with Crippen molar-refractivity contribution in [1.29, 1.82) is 0 Å². The zero-order chi connectivity index (χ0) is 20.3. The van der Waals surface area contributed by atoms with E-state index in [4.69, 9.17) is 9.47 Å². The normalized spacial score (nSPS) is 28.9. The van der Waals surface area contributed by atoms with Crippen molar-refractivity contribution in [2.45, 2.75) is 50.7 Å². The fourth-order valence-corrected chi connectivity index (χ4v) is 5.67. The summed E-state index contributed by atoms with van der Waals surface area (Å²) in [7, 11) is -3.66. The van der Waals surface area contributed by atoms with Gasteiger partial charge in [0.1, 0.15) is 11.4 Å². The average Bonchev–Trinajstić information content (AvgIpc) is 3.02. The lowest BCUT2D eigenvalue weighted by Gasteiger charge is -2.48. The summed E-state index contributed by atoms with van der Waals surface area (Å²) < 4.78 is 39.8. The van der Waals surface area contributed by atoms with E-state index >= 15 is 0 Å². The number of aryl methyl sites for hydroxylation is 1. The van der Waals surface area contributed by atoms with Crippen molar-refractivity contribution in [3.8, 4) is 0 Å². The molecule has 3 aliphatic rings. The summed E-state index contributed by atoms with van der Waals surface area (Å²) in [4.78, 5) is 12.1. The molecule has 0 aliphatic carbocycles. The molecule has 1 saturated heterocycles. The van der Waals surface area contributed by atoms with E-state index in [1.807, 2.05) is 32.9 Å². The lowest BCUT2D eigenvalue weighted by atomic mass is 9.76. The molecule has 1 aromatic carbocycles. The molecule has 0 N–H and O–H groups in total. The topological polar surface area (TPSA) is 72.9 Å². The van der Waals surface area contributed by atoms with E-state index in [-0.39, 0.29) is 17.5 Å². The van der Waals surface area contributed by atoms with Crippen molar-refractivity contribution >= 4 is 16.0 Å². The molecule has 6 nitrogen and oxygen atoms in total. The molecular formula is C21H25NO5S. The molecule has 2 unspecified atom stereocenters. The minimum atomic E-state index is -3.66. The molecule has 0 aromatic heterocycles. The summed E-state index contributed by atoms with van der Waals surface area (Å²) in [5, 5.41) is 0. The Morgan fingerprint density at radius 3 is 2.57 bits per heavy atom. The molecule has 1 aromatic rings. The zero-order valence-corrected chi connectivity index (χ0v) is 17.4. The van der Waals surface area contributed by atoms with Gasteiger partial charge in [0.2, 0.25) is 10.0 Å². The quantitative estimate of drug-likeness (QED) is 0.573. The van der Waals surface area contributed by atoms with Crippen LogP contribution in [0.25, 0.3) is 0 Å². The van der Waals surface area contributed by atoms with Gasteiger partial charge < -0.3 is 9.47 Å². The third-order valence-electron chi connectivity index (χ3n) is 5.93. The van der Waals surface area contributed by atoms with Gasteiger partial charge in [-0.05, 0) is 45.4 Å². The Morgan fingerprint density at radius 2 is 1.93 bits per heavy atom. The van der Waals surface area contributed by atoms with Crippen LogP contribution in [-0.2, 0) is 24.3 Å². The summed E-state index contributed by atoms with van der Waals surface area (Å²) in [6.07, 6.45) is 4.29. The minimum Gasteiger partial charge on any atom is -0.430 e. The van der Waals surface area contributed by atoms with E-state index in [0.717, 1.165) is 11.1 Å². The molecule has 1 spiro atoms. The number of hydrogen-bond acceptors (Lipinski definition) is 5. The van der Waals surface area contributed by atoms with Gasteiger partial charge in [-0.3, -0.25) is 4.79 Å². The number of esters is 1. The molecule has 0 amide bonds. The highest BCUT2D eigenvalue weighted by Gasteiger charge is 2.56. The molecule has 3 heterocycles. The predicted molar refractivity (Wildman–Crippen MR) is 104 cm³/mol. The number of ether oxygens (including phenoxy) is 2. The molecule has 0 saturated carbocycles. The molecule has 2 bridgehead atoms. The minimum absolute atomic E-state index is 0.138. The van der Waals surface area contributed by atoms with Gasteiger partial charge in [-0.1, -0.05) is 23.8 Å². The van der Waals surface area contributed by atoms with Crippen molar-refractivity contribution < 1.29 is 22.7 Å². The first-order valence-electron chi connectivity index (χ1n) is 9.43. The maximum Gasteiger partial charge on any atom is 0.307 e. The van der Waals surface area contributed by atoms with Crippen LogP contribution in [0.1, 0.15) is 32.8 Å². The molecule has 3 aliphatic heterocycles. The highest BCUT2D eigenvalue weighted by atomic mass is 32.2. The fourth-order valence-electron chi connectivity index (χ4n) is 4.26. The molecule has 28 heavy (non-hydrogen) atoms. The first-order valence-corrected chi connectivity index (χ1v) is 10.9. The van der Waals surface area contributed by atoms with E-state index in [0.29, 0.717) is 18.7 Å². The number of hydrogen-bond donors (Lipinski definition) is 0. The van der Waals surface area contributed by atoms with Crippen molar-refractivity contribution in [2.75, 3.05) is 13.1 Å². The van der Waals surface area contributed by atoms with Gasteiger partial charge in [-0.25, -0.2) is 8.42 Å². The van der Waals surface area contributed by atoms with Crippen LogP contribution in [-0.4, -0.2) is 43.5 Å². The lowest BCUT2D eigenvalue weighted by molar-refractivity contribution is -0.144. The van der Waals surface area contributed by atoms with Gasteiger partial charge >= 0.3 is 5.97 Å². The van der Waals surface area contributed by atoms with Gasteiger partial charge in [-0.15, -0.1) is 0 Å². The highest BCUT2D eigenvalue weighted by Crippen LogP contribution is 2.53. The fraction of sp³-hybridized carbons (Fsp3) is 0.476. The first-order chi connectivity index (χ1) is 13.1. The number of piperidine rings is 1. The smallest absolute Gasteiger partial charge is 0.307 e. The second kappa shape index (κ2) is 6.27. The highest BCUT2D eigenvalue weighted by molar-refractivity contribution is 7.89. The number of rotatable bonds is 3. The van der Waals surface area contributed by atoms with Crippen LogP contribution < -0.4 is 0 Å². The van der Waals surface area contributed by atoms with E-state index in [2.05, 4.69) is 0 Å². The maximum atomic E-state index is 13.2. The van der Waals surface area contributed by atoms with E-state index in [1.165, 1.54) is 11.2 Å². The van der Waals surface area contributed by atoms with Gasteiger partial charge in [0.15, 0.2) is 0 Å². The Hall–Kier alpha value is -1.96. The summed E-state index contributed by atoms with van der Waals surface area (Å²) in [6.45, 7) is 7.67. The van der Waals surface area contributed by atoms with E-state index in [1.54, 1.807) is 24.3 Å². The summed E-state index contributed by atoms with van der Waals surface area (Å²) in [5.74, 6) is 0.121. The molecule has 1 fully saturated rings. The number of carbonyl (C=O) groups excluding carboxylic acids is 1. The second-order valence-electron chi connectivity index (χ2n) is 8.31. The molecule has 7 heteroatoms. The largest absolute Gasteiger partial charge is 0.430 e. The summed E-state index contributed by atoms with van der Waals surface area (Å²) >= 11 is 0. The van der Waals surface area contributed by atoms with Crippen LogP contribution in [0.3, 0.4) is 0 Å². The summed E-state index contributed by atoms with van der Waals surface area (Å²) in [6, 6.07) is 6.84. The number of fused-ring (bicyclic) bond motifs is 1. The summed E-state index contributed by atoms with van der Waals surface area (Å²) in [5.41, 5.74) is 0.471. The monoisotopic (exact) mass is 403 g/mol. The zero-order valence-electron chi connectivity index (χ0n) is 16.6. The van der Waals surface area contributed by atoms with Crippen LogP contribution in [0.4, 0.5) is 0 Å². The average molecular weight is 404 g/mol. The molecule has 0 radical (unpaired) electrons. The molecule has 2 atom stereocenters. The first kappa shape index (κ1) is 19.4. The van der Waals surface area contributed by atoms with E-state index < -0.39 is 27.0 Å². The Kier molecular flexibility index (Phi) is 4.34. The van der Waals surface area contributed by atoms with Gasteiger partial charge in [0, 0.05) is 25.6 Å². The van der Waals surface area contributed by atoms with Crippen LogP contribution in [0, 0.1) is 12.3 Å². The Labute approximate surface area is 165 Å². The number of carbonyl (C=O) groups is 1. The van der Waals surface area contributed by atoms with Crippen LogP contribution in [0.2, 0.25) is 0 Å². The lowest BCUT2D eigenvalue weighted by Crippen LogP contribution is -2.54. The number of benzene rings is 1. The van der Waals surface area contributed by atoms with Crippen molar-refractivity contribution in [2.24, 2.45) is 5.41 Å². The Morgan fingerprint density at radius 1 is 1.25 bits per heavy atom. The Bertz CT molecular complexity index is 990. The van der Waals surface area contributed by atoms with Gasteiger partial charge in [0.25, 0.3) is 0 Å². The van der Waals surface area contributed by atoms with E-state index in [9.17, 15) is 13.2 Å². The van der Waals surface area contributed by atoms with Gasteiger partial charge in [-0.2, -0.15) is 4.31 Å². The molecule has 150 valence electrons. The maximum absolute atomic E-state index is 13.2. The number of sulfonamides is 1. The van der Waals surface area contributed by atoms with Crippen LogP contribution in [0.5, 0.6) is 0 Å².